The third-order valence-electron chi connectivity index (χ3n) is 5.10. The smallest absolute Gasteiger partial charge is 0.337 e. The molecule has 0 saturated heterocycles. The zero-order valence-corrected chi connectivity index (χ0v) is 21.0. The lowest BCUT2D eigenvalue weighted by Crippen LogP contribution is -2.07. The van der Waals surface area contributed by atoms with Gasteiger partial charge in [0.15, 0.2) is 0 Å². The normalized spacial score (nSPS) is 10.8. The van der Waals surface area contributed by atoms with Crippen LogP contribution in [-0.4, -0.2) is 29.1 Å². The van der Waals surface area contributed by atoms with Crippen LogP contribution in [0.5, 0.6) is 11.5 Å². The molecule has 10 heteroatoms. The van der Waals surface area contributed by atoms with E-state index in [0.29, 0.717) is 22.9 Å². The molecule has 0 unspecified atom stereocenters. The SMILES string of the molecule is COc1ccc(Nc2nc(/C=C/c3ccc(Br)cc3)c([N+](=O)[O-])c(Nc3ccc(OC)cc3)n2)cc1. The number of halogens is 1. The number of aromatic nitrogens is 2. The monoisotopic (exact) mass is 547 g/mol. The maximum Gasteiger partial charge on any atom is 0.337 e. The summed E-state index contributed by atoms with van der Waals surface area (Å²) in [4.78, 5) is 20.5. The number of nitrogens with one attached hydrogen (secondary N) is 2. The molecule has 0 aliphatic rings. The van der Waals surface area contributed by atoms with Crippen LogP contribution in [0.2, 0.25) is 0 Å². The van der Waals surface area contributed by atoms with E-state index in [0.717, 1.165) is 10.0 Å². The van der Waals surface area contributed by atoms with Crippen molar-refractivity contribution in [2.75, 3.05) is 24.9 Å². The van der Waals surface area contributed by atoms with Crippen LogP contribution >= 0.6 is 15.9 Å². The van der Waals surface area contributed by atoms with Gasteiger partial charge in [0.2, 0.25) is 11.8 Å². The van der Waals surface area contributed by atoms with Gasteiger partial charge in [0.1, 0.15) is 17.2 Å². The molecule has 36 heavy (non-hydrogen) atoms. The minimum absolute atomic E-state index is 0.0478. The van der Waals surface area contributed by atoms with Crippen molar-refractivity contribution in [2.24, 2.45) is 0 Å². The van der Waals surface area contributed by atoms with Gasteiger partial charge in [0.25, 0.3) is 0 Å². The highest BCUT2D eigenvalue weighted by Crippen LogP contribution is 2.32. The number of hydrogen-bond donors (Lipinski definition) is 2. The van der Waals surface area contributed by atoms with Crippen molar-refractivity contribution >= 4 is 56.9 Å². The average Bonchev–Trinajstić information content (AvgIpc) is 2.89. The first-order valence-corrected chi connectivity index (χ1v) is 11.6. The Morgan fingerprint density at radius 1 is 0.806 bits per heavy atom. The molecule has 0 spiro atoms. The minimum atomic E-state index is -0.496. The Labute approximate surface area is 216 Å². The van der Waals surface area contributed by atoms with Crippen LogP contribution in [0, 0.1) is 10.1 Å². The molecule has 0 atom stereocenters. The Morgan fingerprint density at radius 2 is 1.36 bits per heavy atom. The van der Waals surface area contributed by atoms with Gasteiger partial charge in [-0.05, 0) is 72.3 Å². The number of nitro groups is 1. The van der Waals surface area contributed by atoms with Crippen LogP contribution in [-0.2, 0) is 0 Å². The summed E-state index contributed by atoms with van der Waals surface area (Å²) < 4.78 is 11.3. The van der Waals surface area contributed by atoms with Gasteiger partial charge in [-0.25, -0.2) is 4.98 Å². The van der Waals surface area contributed by atoms with Gasteiger partial charge >= 0.3 is 5.69 Å². The molecule has 0 amide bonds. The highest BCUT2D eigenvalue weighted by Gasteiger charge is 2.24. The van der Waals surface area contributed by atoms with E-state index in [1.807, 2.05) is 24.3 Å². The molecule has 3 aromatic carbocycles. The first kappa shape index (κ1) is 24.7. The van der Waals surface area contributed by atoms with Gasteiger partial charge in [-0.2, -0.15) is 4.98 Å². The summed E-state index contributed by atoms with van der Waals surface area (Å²) in [5, 5.41) is 18.3. The van der Waals surface area contributed by atoms with Crippen LogP contribution in [0.15, 0.2) is 77.3 Å². The molecule has 0 aliphatic carbocycles. The van der Waals surface area contributed by atoms with E-state index in [1.54, 1.807) is 74.9 Å². The highest BCUT2D eigenvalue weighted by molar-refractivity contribution is 9.10. The first-order valence-electron chi connectivity index (χ1n) is 10.8. The van der Waals surface area contributed by atoms with Gasteiger partial charge in [-0.15, -0.1) is 0 Å². The topological polar surface area (TPSA) is 111 Å². The average molecular weight is 548 g/mol. The molecule has 1 heterocycles. The number of rotatable bonds is 9. The lowest BCUT2D eigenvalue weighted by atomic mass is 10.2. The molecule has 9 nitrogen and oxygen atoms in total. The third kappa shape index (κ3) is 6.16. The summed E-state index contributed by atoms with van der Waals surface area (Å²) in [6.45, 7) is 0. The van der Waals surface area contributed by atoms with Crippen molar-refractivity contribution in [3.05, 3.63) is 98.6 Å². The molecule has 0 aliphatic heterocycles. The van der Waals surface area contributed by atoms with E-state index in [1.165, 1.54) is 0 Å². The minimum Gasteiger partial charge on any atom is -0.497 e. The van der Waals surface area contributed by atoms with Crippen LogP contribution in [0.4, 0.5) is 28.8 Å². The number of benzene rings is 3. The van der Waals surface area contributed by atoms with Crippen molar-refractivity contribution < 1.29 is 14.4 Å². The fourth-order valence-electron chi connectivity index (χ4n) is 3.28. The largest absolute Gasteiger partial charge is 0.497 e. The van der Waals surface area contributed by atoms with Crippen LogP contribution < -0.4 is 20.1 Å². The number of ether oxygens (including phenoxy) is 2. The maximum absolute atomic E-state index is 12.1. The van der Waals surface area contributed by atoms with Crippen molar-refractivity contribution in [3.63, 3.8) is 0 Å². The zero-order valence-electron chi connectivity index (χ0n) is 19.4. The van der Waals surface area contributed by atoms with E-state index in [-0.39, 0.29) is 23.1 Å². The van der Waals surface area contributed by atoms with E-state index >= 15 is 0 Å². The zero-order chi connectivity index (χ0) is 25.5. The molecule has 2 N–H and O–H groups in total. The summed E-state index contributed by atoms with van der Waals surface area (Å²) in [5.41, 5.74) is 2.06. The predicted octanol–water partition coefficient (Wildman–Crippen LogP) is 6.82. The fourth-order valence-corrected chi connectivity index (χ4v) is 3.54. The quantitative estimate of drug-likeness (QED) is 0.173. The van der Waals surface area contributed by atoms with Gasteiger partial charge in [0.05, 0.1) is 19.1 Å². The maximum atomic E-state index is 12.1. The predicted molar refractivity (Wildman–Crippen MR) is 144 cm³/mol. The summed E-state index contributed by atoms with van der Waals surface area (Å²) in [6, 6.07) is 21.7. The molecule has 0 fully saturated rings. The lowest BCUT2D eigenvalue weighted by molar-refractivity contribution is -0.384. The van der Waals surface area contributed by atoms with Crippen LogP contribution in [0.25, 0.3) is 12.2 Å². The molecule has 0 bridgehead atoms. The van der Waals surface area contributed by atoms with Crippen molar-refractivity contribution in [1.82, 2.24) is 9.97 Å². The summed E-state index contributed by atoms with van der Waals surface area (Å²) >= 11 is 3.41. The van der Waals surface area contributed by atoms with Crippen LogP contribution in [0.3, 0.4) is 0 Å². The van der Waals surface area contributed by atoms with Crippen molar-refractivity contribution in [1.29, 1.82) is 0 Å². The van der Waals surface area contributed by atoms with Gasteiger partial charge < -0.3 is 20.1 Å². The number of hydrogen-bond acceptors (Lipinski definition) is 8. The molecule has 0 radical (unpaired) electrons. The van der Waals surface area contributed by atoms with Gasteiger partial charge in [-0.1, -0.05) is 34.1 Å². The molecule has 4 rings (SSSR count). The Morgan fingerprint density at radius 3 is 1.89 bits per heavy atom. The fraction of sp³-hybridized carbons (Fsp3) is 0.0769. The third-order valence-corrected chi connectivity index (χ3v) is 5.62. The second-order valence-electron chi connectivity index (χ2n) is 7.48. The molecule has 182 valence electrons. The number of anilines is 4. The second kappa shape index (κ2) is 11.3. The Kier molecular flexibility index (Phi) is 7.76. The lowest BCUT2D eigenvalue weighted by Gasteiger charge is -2.12. The van der Waals surface area contributed by atoms with Gasteiger partial charge in [-0.3, -0.25) is 10.1 Å². The molecular weight excluding hydrogens is 526 g/mol. The van der Waals surface area contributed by atoms with Crippen molar-refractivity contribution in [2.45, 2.75) is 0 Å². The Hall–Kier alpha value is -4.44. The second-order valence-corrected chi connectivity index (χ2v) is 8.39. The van der Waals surface area contributed by atoms with Crippen LogP contribution in [0.1, 0.15) is 11.3 Å². The van der Waals surface area contributed by atoms with E-state index in [4.69, 9.17) is 9.47 Å². The number of methoxy groups -OCH3 is 2. The first-order chi connectivity index (χ1) is 17.4. The van der Waals surface area contributed by atoms with E-state index in [9.17, 15) is 10.1 Å². The molecule has 1 aromatic heterocycles. The van der Waals surface area contributed by atoms with E-state index in [2.05, 4.69) is 36.5 Å². The standard InChI is InChI=1S/C26H22BrN5O4/c1-35-21-12-8-19(9-13-21)28-25-24(32(33)34)23(16-5-17-3-6-18(27)7-4-17)30-26(31-25)29-20-10-14-22(36-2)15-11-20/h3-16H,1-2H3,(H2,28,29,30,31)/b16-5+. The molecule has 4 aromatic rings. The Bertz CT molecular complexity index is 1380. The summed E-state index contributed by atoms with van der Waals surface area (Å²) in [6.07, 6.45) is 3.36. The number of nitrogens with zero attached hydrogens (tertiary/aromatic N) is 3. The van der Waals surface area contributed by atoms with Gasteiger partial charge in [0, 0.05) is 15.8 Å². The Balaban J connectivity index is 1.76. The highest BCUT2D eigenvalue weighted by atomic mass is 79.9. The van der Waals surface area contributed by atoms with Crippen molar-refractivity contribution in [3.8, 4) is 11.5 Å². The summed E-state index contributed by atoms with van der Waals surface area (Å²) in [5.74, 6) is 1.60. The summed E-state index contributed by atoms with van der Waals surface area (Å²) in [7, 11) is 3.15. The van der Waals surface area contributed by atoms with E-state index < -0.39 is 4.92 Å². The molecule has 0 saturated carbocycles. The molecular formula is C26H22BrN5O4.